The van der Waals surface area contributed by atoms with E-state index in [1.807, 2.05) is 48.5 Å². The molecule has 0 bridgehead atoms. The van der Waals surface area contributed by atoms with E-state index < -0.39 is 41.4 Å². The number of imidazole rings is 1. The number of aromatic amines is 1. The zero-order valence-corrected chi connectivity index (χ0v) is 26.8. The van der Waals surface area contributed by atoms with E-state index in [-0.39, 0.29) is 30.2 Å². The highest BCUT2D eigenvalue weighted by Crippen LogP contribution is 2.33. The zero-order valence-electron chi connectivity index (χ0n) is 26.0. The predicted molar refractivity (Wildman–Crippen MR) is 166 cm³/mol. The van der Waals surface area contributed by atoms with E-state index in [0.29, 0.717) is 18.1 Å². The summed E-state index contributed by atoms with van der Waals surface area (Å²) >= 11 is 6.50. The number of carbonyl (C=O) groups excluding carboxylic acids is 2. The van der Waals surface area contributed by atoms with Crippen molar-refractivity contribution in [2.45, 2.75) is 71.0 Å². The van der Waals surface area contributed by atoms with Gasteiger partial charge in [-0.05, 0) is 46.4 Å². The molecular weight excluding hydrogens is 634 g/mol. The van der Waals surface area contributed by atoms with Gasteiger partial charge < -0.3 is 23.6 Å². The highest BCUT2D eigenvalue weighted by atomic mass is 35.5. The van der Waals surface area contributed by atoms with E-state index >= 15 is 0 Å². The van der Waals surface area contributed by atoms with Crippen LogP contribution in [0.2, 0.25) is 5.15 Å². The number of esters is 2. The van der Waals surface area contributed by atoms with Crippen molar-refractivity contribution in [3.63, 3.8) is 0 Å². The number of carbonyl (C=O) groups is 2. The minimum atomic E-state index is -1.27. The van der Waals surface area contributed by atoms with Gasteiger partial charge in [0.2, 0.25) is 6.29 Å². The fourth-order valence-electron chi connectivity index (χ4n) is 5.66. The van der Waals surface area contributed by atoms with Crippen LogP contribution in [0.15, 0.2) is 48.5 Å². The van der Waals surface area contributed by atoms with Crippen LogP contribution < -0.4 is 0 Å². The molecule has 0 spiro atoms. The summed E-state index contributed by atoms with van der Waals surface area (Å²) in [6.45, 7) is 3.74. The molecule has 5 rings (SSSR count). The third-order valence-electron chi connectivity index (χ3n) is 7.95. The molecule has 1 aliphatic rings. The van der Waals surface area contributed by atoms with Crippen LogP contribution in [0.1, 0.15) is 61.4 Å². The first-order valence-electron chi connectivity index (χ1n) is 15.1. The van der Waals surface area contributed by atoms with Gasteiger partial charge in [-0.3, -0.25) is 4.79 Å². The second kappa shape index (κ2) is 15.1. The maximum absolute atomic E-state index is 13.4. The Kier molecular flexibility index (Phi) is 10.8. The second-order valence-electron chi connectivity index (χ2n) is 11.1. The van der Waals surface area contributed by atoms with E-state index in [9.17, 15) is 19.7 Å². The van der Waals surface area contributed by atoms with Gasteiger partial charge in [0, 0.05) is 32.6 Å². The lowest BCUT2D eigenvalue weighted by atomic mass is 9.98. The number of nitrogens with one attached hydrogen (secondary N) is 1. The molecule has 1 fully saturated rings. The van der Waals surface area contributed by atoms with Gasteiger partial charge in [0.25, 0.3) is 5.09 Å². The summed E-state index contributed by atoms with van der Waals surface area (Å²) < 4.78 is 17.8. The van der Waals surface area contributed by atoms with E-state index in [2.05, 4.69) is 37.4 Å². The molecule has 4 aromatic rings. The van der Waals surface area contributed by atoms with Crippen molar-refractivity contribution in [2.24, 2.45) is 5.92 Å². The van der Waals surface area contributed by atoms with Crippen molar-refractivity contribution < 1.29 is 33.7 Å². The predicted octanol–water partition coefficient (Wildman–Crippen LogP) is 4.82. The van der Waals surface area contributed by atoms with Gasteiger partial charge >= 0.3 is 11.9 Å². The van der Waals surface area contributed by atoms with Gasteiger partial charge in [0.1, 0.15) is 11.9 Å². The summed E-state index contributed by atoms with van der Waals surface area (Å²) in [5.74, 6) is -1.06. The van der Waals surface area contributed by atoms with Crippen LogP contribution in [0.4, 0.5) is 0 Å². The van der Waals surface area contributed by atoms with Gasteiger partial charge in [-0.2, -0.15) is 0 Å². The maximum atomic E-state index is 13.4. The molecule has 1 N–H and O–H groups in total. The molecule has 2 heterocycles. The maximum Gasteiger partial charge on any atom is 0.361 e. The highest BCUT2D eigenvalue weighted by Gasteiger charge is 2.42. The first-order chi connectivity index (χ1) is 22.7. The molecule has 4 atom stereocenters. The van der Waals surface area contributed by atoms with Gasteiger partial charge in [-0.1, -0.05) is 73.5 Å². The van der Waals surface area contributed by atoms with Crippen molar-refractivity contribution in [1.29, 1.82) is 0 Å². The van der Waals surface area contributed by atoms with Gasteiger partial charge in [0.15, 0.2) is 16.7 Å². The van der Waals surface area contributed by atoms with Gasteiger partial charge in [-0.25, -0.2) is 14.9 Å². The van der Waals surface area contributed by atoms with Crippen LogP contribution >= 0.6 is 11.6 Å². The number of hydrogen-bond donors (Lipinski definition) is 1. The fourth-order valence-corrected chi connectivity index (χ4v) is 5.93. The minimum Gasteiger partial charge on any atom is -0.425 e. The Labute approximate surface area is 274 Å². The third-order valence-corrected chi connectivity index (χ3v) is 8.21. The van der Waals surface area contributed by atoms with Crippen LogP contribution in [-0.4, -0.2) is 72.8 Å². The average molecular weight is 668 g/mol. The zero-order chi connectivity index (χ0) is 33.5. The third kappa shape index (κ3) is 7.92. The number of unbranched alkanes of at least 4 members (excludes halogenated alkanes) is 1. The Morgan fingerprint density at radius 3 is 2.49 bits per heavy atom. The number of hydrogen-bond acceptors (Lipinski definition) is 12. The number of nitrogens with zero attached hydrogens (tertiary/aromatic N) is 6. The van der Waals surface area contributed by atoms with Crippen molar-refractivity contribution in [3.8, 4) is 22.5 Å². The second-order valence-corrected chi connectivity index (χ2v) is 11.4. The number of H-pyrrole nitrogens is 1. The topological polar surface area (TPSA) is 186 Å². The lowest BCUT2D eigenvalue weighted by molar-refractivity contribution is -0.770. The van der Waals surface area contributed by atoms with Crippen LogP contribution in [0, 0.1) is 16.0 Å². The minimum absolute atomic E-state index is 0.0238. The molecule has 2 aromatic heterocycles. The number of rotatable bonds is 14. The number of ether oxygens (including phenoxy) is 3. The van der Waals surface area contributed by atoms with E-state index in [1.54, 1.807) is 4.57 Å². The summed E-state index contributed by atoms with van der Waals surface area (Å²) in [4.78, 5) is 46.2. The van der Waals surface area contributed by atoms with E-state index in [0.717, 1.165) is 35.1 Å². The van der Waals surface area contributed by atoms with Crippen molar-refractivity contribution in [3.05, 3.63) is 80.9 Å². The summed E-state index contributed by atoms with van der Waals surface area (Å²) in [6.07, 6.45) is -0.327. The number of tetrazole rings is 1. The molecule has 0 amide bonds. The molecule has 16 heteroatoms. The summed E-state index contributed by atoms with van der Waals surface area (Å²) in [5.41, 5.74) is 3.66. The molecule has 0 saturated heterocycles. The molecule has 1 saturated carbocycles. The van der Waals surface area contributed by atoms with E-state index in [1.165, 1.54) is 14.0 Å². The molecular formula is C31H34ClN7O8. The van der Waals surface area contributed by atoms with Crippen LogP contribution in [-0.2, 0) is 36.8 Å². The number of benzene rings is 2. The fraction of sp³-hybridized carbons (Fsp3) is 0.419. The van der Waals surface area contributed by atoms with E-state index in [4.69, 9.17) is 25.8 Å². The Hall–Kier alpha value is -4.89. The van der Waals surface area contributed by atoms with Crippen LogP contribution in [0.3, 0.4) is 0 Å². The Morgan fingerprint density at radius 2 is 1.83 bits per heavy atom. The molecule has 0 unspecified atom stereocenters. The Bertz CT molecular complexity index is 1700. The summed E-state index contributed by atoms with van der Waals surface area (Å²) in [7, 11) is 1.38. The monoisotopic (exact) mass is 667 g/mol. The van der Waals surface area contributed by atoms with Crippen LogP contribution in [0.25, 0.3) is 22.5 Å². The molecule has 248 valence electrons. The molecule has 15 nitrogen and oxygen atoms in total. The van der Waals surface area contributed by atoms with Gasteiger partial charge in [-0.15, -0.1) is 15.2 Å². The number of aryl methyl sites for hydroxylation is 1. The first kappa shape index (κ1) is 33.5. The number of aromatic nitrogens is 6. The lowest BCUT2D eigenvalue weighted by Crippen LogP contribution is -2.27. The van der Waals surface area contributed by atoms with Crippen molar-refractivity contribution >= 4 is 23.5 Å². The summed E-state index contributed by atoms with van der Waals surface area (Å²) in [5, 5.41) is 24.1. The summed E-state index contributed by atoms with van der Waals surface area (Å²) in [6, 6.07) is 15.6. The molecule has 0 aliphatic heterocycles. The average Bonchev–Trinajstić information content (AvgIpc) is 3.79. The smallest absolute Gasteiger partial charge is 0.361 e. The highest BCUT2D eigenvalue weighted by molar-refractivity contribution is 6.32. The normalized spacial score (nSPS) is 18.1. The molecule has 2 aromatic carbocycles. The SMILES string of the molecule is CCCCc1nc(Cl)c(C(=O)O[C@@H](C)OC(=O)[C@@H]2C[C@H](OC)[C@@H](O[N+](=O)[O-])C2)n1Cc1ccc(-c2ccccc2-c2nnn[nH]2)cc1. The lowest BCUT2D eigenvalue weighted by Gasteiger charge is -2.18. The Morgan fingerprint density at radius 1 is 1.11 bits per heavy atom. The molecule has 1 aliphatic carbocycles. The largest absolute Gasteiger partial charge is 0.425 e. The van der Waals surface area contributed by atoms with Gasteiger partial charge in [0.05, 0.1) is 12.0 Å². The quantitative estimate of drug-likeness (QED) is 0.0837. The molecule has 0 radical (unpaired) electrons. The van der Waals surface area contributed by atoms with Crippen LogP contribution in [0.5, 0.6) is 0 Å². The Balaban J connectivity index is 1.30. The standard InChI is InChI=1S/C31H34ClN7O8/c1-4-5-10-26-33-28(32)27(31(41)46-18(2)45-30(40)21-15-24(44-3)25(16-21)47-39(42)43)38(26)17-19-11-13-20(14-12-19)22-8-6-7-9-23(22)29-34-36-37-35-29/h6-9,11-14,18,21,24-25H,4-5,10,15-17H2,1-3H3,(H,34,35,36,37)/t18-,21+,24-,25-/m0/s1. The number of halogens is 1. The van der Waals surface area contributed by atoms with Crippen molar-refractivity contribution in [1.82, 2.24) is 30.2 Å². The number of methoxy groups -OCH3 is 1. The first-order valence-corrected chi connectivity index (χ1v) is 15.5. The molecule has 47 heavy (non-hydrogen) atoms. The van der Waals surface area contributed by atoms with Crippen molar-refractivity contribution in [2.75, 3.05) is 7.11 Å².